The van der Waals surface area contributed by atoms with E-state index in [1.54, 1.807) is 10.7 Å². The van der Waals surface area contributed by atoms with E-state index in [1.807, 2.05) is 37.3 Å². The van der Waals surface area contributed by atoms with Crippen LogP contribution in [0.3, 0.4) is 0 Å². The number of hydrogen-bond acceptors (Lipinski definition) is 3. The Kier molecular flexibility index (Phi) is 4.14. The number of aromatic nitrogens is 2. The number of piperidine rings is 1. The first-order valence-electron chi connectivity index (χ1n) is 7.74. The fourth-order valence-electron chi connectivity index (χ4n) is 2.99. The van der Waals surface area contributed by atoms with Crippen molar-refractivity contribution in [3.63, 3.8) is 0 Å². The van der Waals surface area contributed by atoms with Crippen LogP contribution in [-0.2, 0) is 4.79 Å². The lowest BCUT2D eigenvalue weighted by molar-refractivity contribution is -0.143. The number of carboxylic acid groups (broad SMARTS) is 1. The van der Waals surface area contributed by atoms with E-state index in [1.165, 1.54) is 4.90 Å². The molecule has 2 aromatic rings. The molecule has 23 heavy (non-hydrogen) atoms. The number of para-hydroxylation sites is 1. The first-order valence-corrected chi connectivity index (χ1v) is 7.74. The maximum atomic E-state index is 12.7. The molecule has 0 saturated carbocycles. The average Bonchev–Trinajstić information content (AvgIpc) is 2.97. The van der Waals surface area contributed by atoms with Crippen molar-refractivity contribution in [2.24, 2.45) is 0 Å². The molecule has 6 heteroatoms. The molecule has 3 rings (SSSR count). The van der Waals surface area contributed by atoms with Crippen LogP contribution in [0.1, 0.15) is 35.4 Å². The predicted molar refractivity (Wildman–Crippen MR) is 84.6 cm³/mol. The van der Waals surface area contributed by atoms with Gasteiger partial charge in [-0.1, -0.05) is 18.2 Å². The highest BCUT2D eigenvalue weighted by Gasteiger charge is 2.33. The third kappa shape index (κ3) is 2.97. The molecule has 1 aromatic heterocycles. The van der Waals surface area contributed by atoms with Crippen molar-refractivity contribution in [1.29, 1.82) is 0 Å². The van der Waals surface area contributed by atoms with Crippen molar-refractivity contribution in [1.82, 2.24) is 14.7 Å². The van der Waals surface area contributed by atoms with Crippen LogP contribution in [0, 0.1) is 6.92 Å². The fourth-order valence-corrected chi connectivity index (χ4v) is 2.99. The minimum Gasteiger partial charge on any atom is -0.480 e. The van der Waals surface area contributed by atoms with Crippen LogP contribution in [-0.4, -0.2) is 44.3 Å². The summed E-state index contributed by atoms with van der Waals surface area (Å²) < 4.78 is 1.70. The summed E-state index contributed by atoms with van der Waals surface area (Å²) in [7, 11) is 0. The van der Waals surface area contributed by atoms with E-state index >= 15 is 0 Å². The molecule has 0 spiro atoms. The zero-order valence-corrected chi connectivity index (χ0v) is 13.0. The van der Waals surface area contributed by atoms with Crippen molar-refractivity contribution in [2.45, 2.75) is 32.2 Å². The Morgan fingerprint density at radius 2 is 1.96 bits per heavy atom. The Morgan fingerprint density at radius 3 is 2.65 bits per heavy atom. The molecule has 1 aromatic carbocycles. The van der Waals surface area contributed by atoms with Crippen LogP contribution in [0.5, 0.6) is 0 Å². The van der Waals surface area contributed by atoms with E-state index in [4.69, 9.17) is 0 Å². The van der Waals surface area contributed by atoms with Gasteiger partial charge in [0.1, 0.15) is 6.04 Å². The third-order valence-electron chi connectivity index (χ3n) is 4.16. The smallest absolute Gasteiger partial charge is 0.326 e. The Bertz CT molecular complexity index is 724. The molecule has 1 N–H and O–H groups in total. The van der Waals surface area contributed by atoms with Gasteiger partial charge in [0.25, 0.3) is 5.91 Å². The second kappa shape index (κ2) is 6.24. The highest BCUT2D eigenvalue weighted by molar-refractivity contribution is 5.95. The largest absolute Gasteiger partial charge is 0.480 e. The summed E-state index contributed by atoms with van der Waals surface area (Å²) >= 11 is 0. The highest BCUT2D eigenvalue weighted by atomic mass is 16.4. The number of benzene rings is 1. The summed E-state index contributed by atoms with van der Waals surface area (Å²) in [6.45, 7) is 2.34. The molecule has 1 amide bonds. The maximum absolute atomic E-state index is 12.7. The van der Waals surface area contributed by atoms with E-state index in [0.29, 0.717) is 18.7 Å². The molecule has 1 fully saturated rings. The van der Waals surface area contributed by atoms with Crippen molar-refractivity contribution in [3.05, 3.63) is 47.8 Å². The summed E-state index contributed by atoms with van der Waals surface area (Å²) in [6.07, 6.45) is 2.16. The number of carbonyl (C=O) groups is 2. The minimum atomic E-state index is -0.947. The zero-order valence-electron chi connectivity index (χ0n) is 13.0. The molecular formula is C17H19N3O3. The molecular weight excluding hydrogens is 294 g/mol. The second-order valence-corrected chi connectivity index (χ2v) is 5.77. The lowest BCUT2D eigenvalue weighted by Crippen LogP contribution is -2.48. The molecule has 0 aliphatic carbocycles. The van der Waals surface area contributed by atoms with Crippen LogP contribution in [0.15, 0.2) is 36.4 Å². The molecule has 1 atom stereocenters. The Hall–Kier alpha value is -2.63. The normalized spacial score (nSPS) is 18.0. The summed E-state index contributed by atoms with van der Waals surface area (Å²) in [6, 6.07) is 10.5. The lowest BCUT2D eigenvalue weighted by Gasteiger charge is -2.32. The quantitative estimate of drug-likeness (QED) is 0.943. The summed E-state index contributed by atoms with van der Waals surface area (Å²) in [5.41, 5.74) is 2.00. The van der Waals surface area contributed by atoms with E-state index < -0.39 is 12.0 Å². The number of likely N-dealkylation sites (tertiary alicyclic amines) is 1. The van der Waals surface area contributed by atoms with Crippen molar-refractivity contribution in [2.75, 3.05) is 6.54 Å². The summed E-state index contributed by atoms with van der Waals surface area (Å²) in [5, 5.41) is 13.7. The molecule has 1 saturated heterocycles. The maximum Gasteiger partial charge on any atom is 0.326 e. The van der Waals surface area contributed by atoms with Gasteiger partial charge in [0.15, 0.2) is 5.69 Å². The van der Waals surface area contributed by atoms with Crippen LogP contribution in [0.4, 0.5) is 0 Å². The molecule has 0 bridgehead atoms. The van der Waals surface area contributed by atoms with Gasteiger partial charge in [-0.3, -0.25) is 4.79 Å². The molecule has 6 nitrogen and oxygen atoms in total. The van der Waals surface area contributed by atoms with Gasteiger partial charge in [0.2, 0.25) is 0 Å². The van der Waals surface area contributed by atoms with Crippen LogP contribution < -0.4 is 0 Å². The van der Waals surface area contributed by atoms with Crippen molar-refractivity contribution in [3.8, 4) is 5.69 Å². The molecule has 1 aliphatic heterocycles. The number of carboxylic acids is 1. The fraction of sp³-hybridized carbons (Fsp3) is 0.353. The molecule has 1 aliphatic rings. The van der Waals surface area contributed by atoms with Gasteiger partial charge in [0, 0.05) is 12.2 Å². The monoisotopic (exact) mass is 313 g/mol. The van der Waals surface area contributed by atoms with Gasteiger partial charge in [-0.25, -0.2) is 9.48 Å². The van der Waals surface area contributed by atoms with Gasteiger partial charge in [-0.15, -0.1) is 0 Å². The van der Waals surface area contributed by atoms with Crippen LogP contribution in [0.2, 0.25) is 0 Å². The Morgan fingerprint density at radius 1 is 1.22 bits per heavy atom. The summed E-state index contributed by atoms with van der Waals surface area (Å²) in [5.74, 6) is -1.26. The summed E-state index contributed by atoms with van der Waals surface area (Å²) in [4.78, 5) is 25.5. The number of carbonyl (C=O) groups excluding carboxylic acids is 1. The second-order valence-electron chi connectivity index (χ2n) is 5.77. The SMILES string of the molecule is Cc1cc(C(=O)N2CCCC[C@@H]2C(=O)O)nn1-c1ccccc1. The van der Waals surface area contributed by atoms with E-state index in [-0.39, 0.29) is 5.91 Å². The number of nitrogens with zero attached hydrogens (tertiary/aromatic N) is 3. The number of aryl methyl sites for hydroxylation is 1. The van der Waals surface area contributed by atoms with Gasteiger partial charge in [0.05, 0.1) is 5.69 Å². The van der Waals surface area contributed by atoms with Gasteiger partial charge in [-0.05, 0) is 44.4 Å². The number of hydrogen-bond donors (Lipinski definition) is 1. The molecule has 0 unspecified atom stereocenters. The Balaban J connectivity index is 1.90. The minimum absolute atomic E-state index is 0.291. The molecule has 2 heterocycles. The highest BCUT2D eigenvalue weighted by Crippen LogP contribution is 2.21. The lowest BCUT2D eigenvalue weighted by atomic mass is 10.0. The zero-order chi connectivity index (χ0) is 16.4. The number of amides is 1. The van der Waals surface area contributed by atoms with Crippen molar-refractivity contribution >= 4 is 11.9 Å². The molecule has 0 radical (unpaired) electrons. The Labute approximate surface area is 134 Å². The average molecular weight is 313 g/mol. The van der Waals surface area contributed by atoms with Gasteiger partial charge >= 0.3 is 5.97 Å². The van der Waals surface area contributed by atoms with Gasteiger partial charge < -0.3 is 10.0 Å². The topological polar surface area (TPSA) is 75.4 Å². The van der Waals surface area contributed by atoms with Crippen LogP contribution in [0.25, 0.3) is 5.69 Å². The predicted octanol–water partition coefficient (Wildman–Crippen LogP) is 2.26. The first kappa shape index (κ1) is 15.3. The third-order valence-corrected chi connectivity index (χ3v) is 4.16. The standard InChI is InChI=1S/C17H19N3O3/c1-12-11-14(18-20(12)13-7-3-2-4-8-13)16(21)19-10-6-5-9-15(19)17(22)23/h2-4,7-8,11,15H,5-6,9-10H2,1H3,(H,22,23)/t15-/m1/s1. The van der Waals surface area contributed by atoms with E-state index in [2.05, 4.69) is 5.10 Å². The number of rotatable bonds is 3. The van der Waals surface area contributed by atoms with Gasteiger partial charge in [-0.2, -0.15) is 5.10 Å². The van der Waals surface area contributed by atoms with Crippen LogP contribution >= 0.6 is 0 Å². The first-order chi connectivity index (χ1) is 11.1. The van der Waals surface area contributed by atoms with E-state index in [0.717, 1.165) is 24.2 Å². The van der Waals surface area contributed by atoms with Crippen molar-refractivity contribution < 1.29 is 14.7 Å². The number of aliphatic carboxylic acids is 1. The van der Waals surface area contributed by atoms with E-state index in [9.17, 15) is 14.7 Å². The molecule has 120 valence electrons.